The zero-order valence-corrected chi connectivity index (χ0v) is 13.2. The minimum Gasteiger partial charge on any atom is -0.465 e. The summed E-state index contributed by atoms with van der Waals surface area (Å²) in [5.74, 6) is -0.714. The zero-order chi connectivity index (χ0) is 15.6. The average Bonchev–Trinajstić information content (AvgIpc) is 2.95. The molecule has 2 N–H and O–H groups in total. The van der Waals surface area contributed by atoms with Gasteiger partial charge < -0.3 is 10.5 Å². The number of methoxy groups -OCH3 is 1. The fraction of sp³-hybridized carbons (Fsp3) is 0.462. The number of benzene rings is 1. The molecule has 0 radical (unpaired) electrons. The second-order valence-corrected chi connectivity index (χ2v) is 7.07. The largest absolute Gasteiger partial charge is 0.465 e. The van der Waals surface area contributed by atoms with Gasteiger partial charge in [-0.25, -0.2) is 13.2 Å². The molecule has 1 saturated heterocycles. The summed E-state index contributed by atoms with van der Waals surface area (Å²) in [6.45, 7) is 0.630. The lowest BCUT2D eigenvalue weighted by Gasteiger charge is -2.23. The second-order valence-electron chi connectivity index (χ2n) is 4.78. The van der Waals surface area contributed by atoms with Crippen LogP contribution in [0.1, 0.15) is 23.2 Å². The molecule has 0 aromatic heterocycles. The van der Waals surface area contributed by atoms with Gasteiger partial charge in [-0.2, -0.15) is 4.31 Å². The number of nitrogens with two attached hydrogens (primary N) is 1. The summed E-state index contributed by atoms with van der Waals surface area (Å²) in [7, 11) is -2.64. The van der Waals surface area contributed by atoms with Gasteiger partial charge in [0.15, 0.2) is 0 Å². The highest BCUT2D eigenvalue weighted by molar-refractivity contribution is 7.89. The molecule has 0 spiro atoms. The Kier molecular flexibility index (Phi) is 4.88. The molecule has 6 nitrogen and oxygen atoms in total. The van der Waals surface area contributed by atoms with Gasteiger partial charge in [-0.3, -0.25) is 0 Å². The third kappa shape index (κ3) is 3.06. The molecule has 0 bridgehead atoms. The topological polar surface area (TPSA) is 89.7 Å². The number of carbonyl (C=O) groups excluding carboxylic acids is 1. The van der Waals surface area contributed by atoms with Gasteiger partial charge in [0.05, 0.1) is 17.6 Å². The predicted molar refractivity (Wildman–Crippen MR) is 78.8 cm³/mol. The summed E-state index contributed by atoms with van der Waals surface area (Å²) in [4.78, 5) is 11.6. The molecule has 1 aliphatic heterocycles. The number of carbonyl (C=O) groups is 1. The Hall–Kier alpha value is -1.15. The third-order valence-corrected chi connectivity index (χ3v) is 5.76. The van der Waals surface area contributed by atoms with Crippen LogP contribution >= 0.6 is 11.6 Å². The smallest absolute Gasteiger partial charge is 0.339 e. The summed E-state index contributed by atoms with van der Waals surface area (Å²) in [5.41, 5.74) is 5.61. The van der Waals surface area contributed by atoms with E-state index in [4.69, 9.17) is 17.3 Å². The van der Waals surface area contributed by atoms with Crippen molar-refractivity contribution in [2.75, 3.05) is 20.2 Å². The average molecular weight is 333 g/mol. The Labute approximate surface area is 128 Å². The molecule has 1 fully saturated rings. The maximum absolute atomic E-state index is 12.8. The van der Waals surface area contributed by atoms with Crippen molar-refractivity contribution in [3.63, 3.8) is 0 Å². The number of sulfonamides is 1. The van der Waals surface area contributed by atoms with Crippen LogP contribution in [0.25, 0.3) is 0 Å². The highest BCUT2D eigenvalue weighted by Crippen LogP contribution is 2.29. The molecular weight excluding hydrogens is 316 g/mol. The van der Waals surface area contributed by atoms with E-state index in [2.05, 4.69) is 4.74 Å². The first-order chi connectivity index (χ1) is 9.91. The van der Waals surface area contributed by atoms with Crippen molar-refractivity contribution in [1.29, 1.82) is 0 Å². The van der Waals surface area contributed by atoms with Gasteiger partial charge in [0.1, 0.15) is 0 Å². The van der Waals surface area contributed by atoms with Crippen LogP contribution in [0.15, 0.2) is 23.1 Å². The number of hydrogen-bond acceptors (Lipinski definition) is 5. The molecule has 8 heteroatoms. The number of hydrogen-bond donors (Lipinski definition) is 1. The Morgan fingerprint density at radius 2 is 2.24 bits per heavy atom. The van der Waals surface area contributed by atoms with E-state index >= 15 is 0 Å². The zero-order valence-electron chi connectivity index (χ0n) is 11.6. The molecule has 21 heavy (non-hydrogen) atoms. The number of halogens is 1. The first-order valence-electron chi connectivity index (χ1n) is 6.51. The second kappa shape index (κ2) is 6.31. The quantitative estimate of drug-likeness (QED) is 0.838. The van der Waals surface area contributed by atoms with Gasteiger partial charge in [-0.15, -0.1) is 0 Å². The normalized spacial score (nSPS) is 19.7. The van der Waals surface area contributed by atoms with Crippen LogP contribution in [0.2, 0.25) is 5.02 Å². The molecular formula is C13H17ClN2O4S. The SMILES string of the molecule is COC(=O)c1ccc(Cl)cc1S(=O)(=O)N1CCCC1CN. The summed E-state index contributed by atoms with van der Waals surface area (Å²) >= 11 is 5.89. The van der Waals surface area contributed by atoms with E-state index in [0.29, 0.717) is 13.0 Å². The van der Waals surface area contributed by atoms with Crippen molar-refractivity contribution >= 4 is 27.6 Å². The lowest BCUT2D eigenvalue weighted by molar-refractivity contribution is 0.0596. The molecule has 1 aliphatic rings. The molecule has 0 aliphatic carbocycles. The van der Waals surface area contributed by atoms with Gasteiger partial charge in [-0.05, 0) is 31.0 Å². The third-order valence-electron chi connectivity index (χ3n) is 3.53. The minimum atomic E-state index is -3.84. The van der Waals surface area contributed by atoms with Crippen molar-refractivity contribution in [3.8, 4) is 0 Å². The van der Waals surface area contributed by atoms with Crippen LogP contribution in [0.5, 0.6) is 0 Å². The van der Waals surface area contributed by atoms with Crippen LogP contribution < -0.4 is 5.73 Å². The summed E-state index contributed by atoms with van der Waals surface area (Å²) < 4.78 is 31.6. The summed E-state index contributed by atoms with van der Waals surface area (Å²) in [5, 5.41) is 0.240. The Morgan fingerprint density at radius 1 is 1.52 bits per heavy atom. The molecule has 0 saturated carbocycles. The van der Waals surface area contributed by atoms with Gasteiger partial charge >= 0.3 is 5.97 Å². The van der Waals surface area contributed by atoms with E-state index in [-0.39, 0.29) is 28.1 Å². The van der Waals surface area contributed by atoms with Crippen LogP contribution in [0, 0.1) is 0 Å². The Morgan fingerprint density at radius 3 is 2.86 bits per heavy atom. The van der Waals surface area contributed by atoms with Crippen molar-refractivity contribution < 1.29 is 17.9 Å². The fourth-order valence-corrected chi connectivity index (χ4v) is 4.62. The molecule has 1 aromatic rings. The first-order valence-corrected chi connectivity index (χ1v) is 8.33. The monoisotopic (exact) mass is 332 g/mol. The lowest BCUT2D eigenvalue weighted by Crippen LogP contribution is -2.40. The Bertz CT molecular complexity index is 648. The fourth-order valence-electron chi connectivity index (χ4n) is 2.48. The maximum atomic E-state index is 12.8. The summed E-state index contributed by atoms with van der Waals surface area (Å²) in [6.07, 6.45) is 1.46. The number of esters is 1. The highest BCUT2D eigenvalue weighted by Gasteiger charge is 2.36. The van der Waals surface area contributed by atoms with E-state index in [1.807, 2.05) is 0 Å². The van der Waals surface area contributed by atoms with E-state index in [0.717, 1.165) is 6.42 Å². The number of rotatable bonds is 4. The number of nitrogens with zero attached hydrogens (tertiary/aromatic N) is 1. The predicted octanol–water partition coefficient (Wildman–Crippen LogP) is 1.24. The number of ether oxygens (including phenoxy) is 1. The van der Waals surface area contributed by atoms with E-state index < -0.39 is 16.0 Å². The Balaban J connectivity index is 2.53. The van der Waals surface area contributed by atoms with E-state index in [9.17, 15) is 13.2 Å². The molecule has 1 heterocycles. The molecule has 116 valence electrons. The molecule has 1 unspecified atom stereocenters. The van der Waals surface area contributed by atoms with Crippen molar-refractivity contribution in [1.82, 2.24) is 4.31 Å². The molecule has 2 rings (SSSR count). The highest BCUT2D eigenvalue weighted by atomic mass is 35.5. The molecule has 0 amide bonds. The molecule has 1 atom stereocenters. The van der Waals surface area contributed by atoms with Crippen LogP contribution in [0.3, 0.4) is 0 Å². The lowest BCUT2D eigenvalue weighted by atomic mass is 10.2. The first kappa shape index (κ1) is 16.2. The van der Waals surface area contributed by atoms with Crippen molar-refractivity contribution in [2.24, 2.45) is 5.73 Å². The summed E-state index contributed by atoms with van der Waals surface area (Å²) in [6, 6.07) is 3.83. The molecule has 1 aromatic carbocycles. The van der Waals surface area contributed by atoms with Crippen LogP contribution in [0.4, 0.5) is 0 Å². The van der Waals surface area contributed by atoms with Crippen molar-refractivity contribution in [2.45, 2.75) is 23.8 Å². The van der Waals surface area contributed by atoms with Gasteiger partial charge in [0.25, 0.3) is 0 Å². The van der Waals surface area contributed by atoms with Gasteiger partial charge in [-0.1, -0.05) is 11.6 Å². The minimum absolute atomic E-state index is 0.0235. The maximum Gasteiger partial charge on any atom is 0.339 e. The van der Waals surface area contributed by atoms with E-state index in [1.165, 1.54) is 29.6 Å². The van der Waals surface area contributed by atoms with Gasteiger partial charge in [0.2, 0.25) is 10.0 Å². The standard InChI is InChI=1S/C13H17ClN2O4S/c1-20-13(17)11-5-4-9(14)7-12(11)21(18,19)16-6-2-3-10(16)8-15/h4-5,7,10H,2-3,6,8,15H2,1H3. The van der Waals surface area contributed by atoms with Crippen LogP contribution in [-0.2, 0) is 14.8 Å². The van der Waals surface area contributed by atoms with E-state index in [1.54, 1.807) is 0 Å². The van der Waals surface area contributed by atoms with Crippen molar-refractivity contribution in [3.05, 3.63) is 28.8 Å². The van der Waals surface area contributed by atoms with Crippen LogP contribution in [-0.4, -0.2) is 44.9 Å². The van der Waals surface area contributed by atoms with Gasteiger partial charge in [0, 0.05) is 24.2 Å².